The maximum Gasteiger partial charge on any atom is 0.0121 e. The highest BCUT2D eigenvalue weighted by atomic mass is 15.2. The van der Waals surface area contributed by atoms with Gasteiger partial charge in [0.1, 0.15) is 0 Å². The molecule has 0 aromatic heterocycles. The maximum atomic E-state index is 3.67. The van der Waals surface area contributed by atoms with Gasteiger partial charge in [0, 0.05) is 19.1 Å². The maximum absolute atomic E-state index is 3.67. The zero-order valence-electron chi connectivity index (χ0n) is 13.9. The SMILES string of the molecule is CC1CC(C)(C)CCC1N1CCCC2(CCCNC2)C1. The molecule has 0 amide bonds. The molecule has 1 saturated carbocycles. The van der Waals surface area contributed by atoms with Crippen LogP contribution in [0.1, 0.15) is 65.7 Å². The van der Waals surface area contributed by atoms with Crippen LogP contribution in [0.5, 0.6) is 0 Å². The Kier molecular flexibility index (Phi) is 4.16. The summed E-state index contributed by atoms with van der Waals surface area (Å²) >= 11 is 0. The van der Waals surface area contributed by atoms with Crippen LogP contribution in [0.25, 0.3) is 0 Å². The molecule has 0 bridgehead atoms. The molecule has 3 atom stereocenters. The predicted octanol–water partition coefficient (Wildman–Crippen LogP) is 3.67. The standard InChI is InChI=1S/C18H34N2/c1-15-12-17(2,3)9-6-16(15)20-11-5-8-18(14-20)7-4-10-19-13-18/h15-16,19H,4-14H2,1-3H3. The molecule has 20 heavy (non-hydrogen) atoms. The van der Waals surface area contributed by atoms with Crippen LogP contribution in [0.3, 0.4) is 0 Å². The summed E-state index contributed by atoms with van der Waals surface area (Å²) in [5, 5.41) is 3.67. The minimum absolute atomic E-state index is 0.579. The molecule has 0 aromatic carbocycles. The fourth-order valence-electron chi connectivity index (χ4n) is 5.38. The molecule has 0 radical (unpaired) electrons. The van der Waals surface area contributed by atoms with Gasteiger partial charge in [0.25, 0.3) is 0 Å². The fraction of sp³-hybridized carbons (Fsp3) is 1.00. The van der Waals surface area contributed by atoms with Gasteiger partial charge in [0.05, 0.1) is 0 Å². The van der Waals surface area contributed by atoms with E-state index in [1.807, 2.05) is 0 Å². The van der Waals surface area contributed by atoms with Gasteiger partial charge in [-0.2, -0.15) is 0 Å². The van der Waals surface area contributed by atoms with E-state index in [2.05, 4.69) is 31.0 Å². The molecule has 2 saturated heterocycles. The van der Waals surface area contributed by atoms with Crippen molar-refractivity contribution in [3.05, 3.63) is 0 Å². The molecular weight excluding hydrogens is 244 g/mol. The average Bonchev–Trinajstić information content (AvgIpc) is 2.38. The van der Waals surface area contributed by atoms with E-state index < -0.39 is 0 Å². The van der Waals surface area contributed by atoms with Crippen molar-refractivity contribution in [1.82, 2.24) is 10.2 Å². The lowest BCUT2D eigenvalue weighted by Gasteiger charge is -2.51. The Morgan fingerprint density at radius 1 is 1.10 bits per heavy atom. The zero-order chi connectivity index (χ0) is 14.2. The number of nitrogens with one attached hydrogen (secondary N) is 1. The summed E-state index contributed by atoms with van der Waals surface area (Å²) in [5.74, 6) is 0.880. The largest absolute Gasteiger partial charge is 0.316 e. The third kappa shape index (κ3) is 3.06. The third-order valence-electron chi connectivity index (χ3n) is 6.37. The van der Waals surface area contributed by atoms with Crippen molar-refractivity contribution < 1.29 is 0 Å². The second-order valence-electron chi connectivity index (χ2n) is 8.81. The van der Waals surface area contributed by atoms with Crippen molar-refractivity contribution in [1.29, 1.82) is 0 Å². The van der Waals surface area contributed by atoms with Crippen molar-refractivity contribution in [2.75, 3.05) is 26.2 Å². The first-order valence-electron chi connectivity index (χ1n) is 8.95. The fourth-order valence-corrected chi connectivity index (χ4v) is 5.38. The molecule has 2 nitrogen and oxygen atoms in total. The smallest absolute Gasteiger partial charge is 0.0121 e. The first kappa shape index (κ1) is 14.8. The first-order valence-corrected chi connectivity index (χ1v) is 8.95. The van der Waals surface area contributed by atoms with Gasteiger partial charge < -0.3 is 5.32 Å². The highest BCUT2D eigenvalue weighted by molar-refractivity contribution is 4.96. The van der Waals surface area contributed by atoms with Gasteiger partial charge >= 0.3 is 0 Å². The van der Waals surface area contributed by atoms with Crippen molar-refractivity contribution in [2.24, 2.45) is 16.7 Å². The molecule has 3 fully saturated rings. The zero-order valence-corrected chi connectivity index (χ0v) is 13.9. The van der Waals surface area contributed by atoms with Crippen LogP contribution in [0.4, 0.5) is 0 Å². The second kappa shape index (κ2) is 5.61. The van der Waals surface area contributed by atoms with Gasteiger partial charge in [-0.3, -0.25) is 4.90 Å². The Labute approximate surface area is 125 Å². The van der Waals surface area contributed by atoms with Crippen LogP contribution in [-0.4, -0.2) is 37.1 Å². The normalized spacial score (nSPS) is 42.8. The summed E-state index contributed by atoms with van der Waals surface area (Å²) < 4.78 is 0. The molecule has 116 valence electrons. The number of hydrogen-bond acceptors (Lipinski definition) is 2. The summed E-state index contributed by atoms with van der Waals surface area (Å²) in [5.41, 5.74) is 1.19. The summed E-state index contributed by atoms with van der Waals surface area (Å²) in [6.45, 7) is 12.7. The molecule has 3 aliphatic rings. The van der Waals surface area contributed by atoms with Crippen LogP contribution in [0, 0.1) is 16.7 Å². The van der Waals surface area contributed by atoms with Gasteiger partial charge in [0.2, 0.25) is 0 Å². The Bertz CT molecular complexity index is 325. The van der Waals surface area contributed by atoms with E-state index in [1.165, 1.54) is 71.1 Å². The lowest BCUT2D eigenvalue weighted by atomic mass is 9.68. The van der Waals surface area contributed by atoms with Gasteiger partial charge in [0.15, 0.2) is 0 Å². The van der Waals surface area contributed by atoms with Crippen LogP contribution >= 0.6 is 0 Å². The van der Waals surface area contributed by atoms with E-state index in [0.29, 0.717) is 10.8 Å². The summed E-state index contributed by atoms with van der Waals surface area (Å²) in [6.07, 6.45) is 10.0. The Balaban J connectivity index is 1.65. The van der Waals surface area contributed by atoms with E-state index in [1.54, 1.807) is 0 Å². The van der Waals surface area contributed by atoms with Crippen LogP contribution in [-0.2, 0) is 0 Å². The average molecular weight is 278 g/mol. The van der Waals surface area contributed by atoms with E-state index in [-0.39, 0.29) is 0 Å². The van der Waals surface area contributed by atoms with E-state index >= 15 is 0 Å². The summed E-state index contributed by atoms with van der Waals surface area (Å²) in [6, 6.07) is 0.863. The number of piperidine rings is 2. The minimum Gasteiger partial charge on any atom is -0.316 e. The van der Waals surface area contributed by atoms with Crippen molar-refractivity contribution in [2.45, 2.75) is 71.8 Å². The minimum atomic E-state index is 0.579. The highest BCUT2D eigenvalue weighted by Crippen LogP contribution is 2.43. The third-order valence-corrected chi connectivity index (χ3v) is 6.37. The van der Waals surface area contributed by atoms with Crippen LogP contribution in [0.2, 0.25) is 0 Å². The number of likely N-dealkylation sites (tertiary alicyclic amines) is 1. The van der Waals surface area contributed by atoms with Gasteiger partial charge in [-0.05, 0) is 74.8 Å². The Morgan fingerprint density at radius 3 is 2.60 bits per heavy atom. The van der Waals surface area contributed by atoms with Crippen LogP contribution in [0.15, 0.2) is 0 Å². The molecule has 1 spiro atoms. The van der Waals surface area contributed by atoms with Crippen molar-refractivity contribution >= 4 is 0 Å². The quantitative estimate of drug-likeness (QED) is 0.787. The van der Waals surface area contributed by atoms with E-state index in [4.69, 9.17) is 0 Å². The van der Waals surface area contributed by atoms with Crippen molar-refractivity contribution in [3.8, 4) is 0 Å². The molecule has 1 N–H and O–H groups in total. The Hall–Kier alpha value is -0.0800. The topological polar surface area (TPSA) is 15.3 Å². The molecule has 2 heterocycles. The number of nitrogens with zero attached hydrogens (tertiary/aromatic N) is 1. The lowest BCUT2D eigenvalue weighted by Crippen LogP contribution is -2.55. The second-order valence-corrected chi connectivity index (χ2v) is 8.81. The van der Waals surface area contributed by atoms with Crippen LogP contribution < -0.4 is 5.32 Å². The summed E-state index contributed by atoms with van der Waals surface area (Å²) in [4.78, 5) is 2.89. The molecule has 2 aliphatic heterocycles. The van der Waals surface area contributed by atoms with Gasteiger partial charge in [-0.15, -0.1) is 0 Å². The van der Waals surface area contributed by atoms with E-state index in [9.17, 15) is 0 Å². The number of rotatable bonds is 1. The highest BCUT2D eigenvalue weighted by Gasteiger charge is 2.41. The molecular formula is C18H34N2. The van der Waals surface area contributed by atoms with E-state index in [0.717, 1.165) is 12.0 Å². The van der Waals surface area contributed by atoms with Gasteiger partial charge in [-0.25, -0.2) is 0 Å². The molecule has 0 aromatic rings. The summed E-state index contributed by atoms with van der Waals surface area (Å²) in [7, 11) is 0. The van der Waals surface area contributed by atoms with Gasteiger partial charge in [-0.1, -0.05) is 20.8 Å². The molecule has 3 unspecified atom stereocenters. The monoisotopic (exact) mass is 278 g/mol. The number of hydrogen-bond donors (Lipinski definition) is 1. The molecule has 2 heteroatoms. The predicted molar refractivity (Wildman–Crippen MR) is 85.9 cm³/mol. The van der Waals surface area contributed by atoms with Crippen molar-refractivity contribution in [3.63, 3.8) is 0 Å². The first-order chi connectivity index (χ1) is 9.50. The lowest BCUT2D eigenvalue weighted by molar-refractivity contribution is -0.00803. The molecule has 1 aliphatic carbocycles. The Morgan fingerprint density at radius 2 is 1.90 bits per heavy atom. The molecule has 3 rings (SSSR count).